The molecule has 0 spiro atoms. The predicted octanol–water partition coefficient (Wildman–Crippen LogP) is 3.15. The van der Waals surface area contributed by atoms with Crippen LogP contribution in [-0.2, 0) is 10.8 Å². The first-order valence-electron chi connectivity index (χ1n) is 9.54. The van der Waals surface area contributed by atoms with Crippen molar-refractivity contribution in [2.24, 2.45) is 4.99 Å². The molecule has 1 aliphatic heterocycles. The Morgan fingerprint density at radius 1 is 1.19 bits per heavy atom. The Morgan fingerprint density at radius 3 is 2.37 bits per heavy atom. The molecule has 0 saturated carbocycles. The summed E-state index contributed by atoms with van der Waals surface area (Å²) in [6, 6.07) is 11.0. The maximum atomic E-state index is 12.2. The molecular weight excluding hydrogens is 471 g/mol. The summed E-state index contributed by atoms with van der Waals surface area (Å²) in [5.41, 5.74) is 1.34. The highest BCUT2D eigenvalue weighted by atomic mass is 127. The maximum absolute atomic E-state index is 12.2. The second-order valence-electron chi connectivity index (χ2n) is 7.71. The van der Waals surface area contributed by atoms with Gasteiger partial charge in [0, 0.05) is 41.4 Å². The average molecular weight is 506 g/mol. The van der Waals surface area contributed by atoms with Gasteiger partial charge < -0.3 is 10.6 Å². The molecule has 7 heteroatoms. The first kappa shape index (κ1) is 24.4. The molecule has 1 aromatic carbocycles. The van der Waals surface area contributed by atoms with E-state index in [0.29, 0.717) is 18.3 Å². The number of nitrogens with one attached hydrogen (secondary N) is 2. The van der Waals surface area contributed by atoms with Gasteiger partial charge in [0.05, 0.1) is 6.04 Å². The Hall–Kier alpha value is -0.670. The van der Waals surface area contributed by atoms with Crippen molar-refractivity contribution >= 4 is 40.7 Å². The van der Waals surface area contributed by atoms with E-state index in [1.54, 1.807) is 7.05 Å². The molecule has 2 rings (SSSR count). The van der Waals surface area contributed by atoms with Crippen molar-refractivity contribution in [3.63, 3.8) is 0 Å². The Morgan fingerprint density at radius 2 is 1.81 bits per heavy atom. The Labute approximate surface area is 184 Å². The minimum Gasteiger partial charge on any atom is -0.355 e. The van der Waals surface area contributed by atoms with E-state index in [1.165, 1.54) is 18.4 Å². The lowest BCUT2D eigenvalue weighted by Crippen LogP contribution is -2.44. The number of guanidine groups is 1. The molecule has 0 aromatic heterocycles. The summed E-state index contributed by atoms with van der Waals surface area (Å²) < 4.78 is 12.0. The molecule has 1 heterocycles. The van der Waals surface area contributed by atoms with E-state index in [-0.39, 0.29) is 28.7 Å². The largest absolute Gasteiger partial charge is 0.355 e. The molecule has 0 aliphatic carbocycles. The van der Waals surface area contributed by atoms with Gasteiger partial charge in [0.25, 0.3) is 0 Å². The van der Waals surface area contributed by atoms with Gasteiger partial charge in [-0.3, -0.25) is 14.1 Å². The highest BCUT2D eigenvalue weighted by molar-refractivity contribution is 14.0. The van der Waals surface area contributed by atoms with Crippen LogP contribution < -0.4 is 10.6 Å². The van der Waals surface area contributed by atoms with Gasteiger partial charge >= 0.3 is 0 Å². The molecule has 1 fully saturated rings. The van der Waals surface area contributed by atoms with Crippen LogP contribution in [0.5, 0.6) is 0 Å². The lowest BCUT2D eigenvalue weighted by molar-refractivity contribution is 0.245. The smallest absolute Gasteiger partial charge is 0.191 e. The van der Waals surface area contributed by atoms with Crippen molar-refractivity contribution in [3.8, 4) is 0 Å². The third-order valence-corrected chi connectivity index (χ3v) is 6.66. The summed E-state index contributed by atoms with van der Waals surface area (Å²) in [6.45, 7) is 9.80. The fourth-order valence-corrected chi connectivity index (χ4v) is 4.07. The quantitative estimate of drug-likeness (QED) is 0.339. The van der Waals surface area contributed by atoms with Crippen molar-refractivity contribution in [1.29, 1.82) is 0 Å². The molecule has 1 saturated heterocycles. The highest BCUT2D eigenvalue weighted by Gasteiger charge is 2.23. The van der Waals surface area contributed by atoms with Gasteiger partial charge in [0.15, 0.2) is 5.96 Å². The van der Waals surface area contributed by atoms with Crippen LogP contribution in [0.4, 0.5) is 0 Å². The summed E-state index contributed by atoms with van der Waals surface area (Å²) in [7, 11) is 0.928. The van der Waals surface area contributed by atoms with Crippen LogP contribution >= 0.6 is 24.0 Å². The monoisotopic (exact) mass is 506 g/mol. The van der Waals surface area contributed by atoms with E-state index in [1.807, 2.05) is 20.8 Å². The van der Waals surface area contributed by atoms with Crippen LogP contribution in [0.2, 0.25) is 0 Å². The fourth-order valence-electron chi connectivity index (χ4n) is 3.17. The molecule has 0 amide bonds. The van der Waals surface area contributed by atoms with Crippen LogP contribution in [-0.4, -0.2) is 58.8 Å². The van der Waals surface area contributed by atoms with Gasteiger partial charge in [-0.25, -0.2) is 0 Å². The third kappa shape index (κ3) is 8.07. The number of aliphatic imine (C=N–C) groups is 1. The molecule has 1 aromatic rings. The SMILES string of the molecule is CN=C(NCCS(=O)C(C)(C)C)NCC(c1ccccc1)N1CCCC1.I. The second-order valence-corrected chi connectivity index (χ2v) is 10.0. The molecule has 2 N–H and O–H groups in total. The van der Waals surface area contributed by atoms with Gasteiger partial charge in [-0.1, -0.05) is 30.3 Å². The average Bonchev–Trinajstić information content (AvgIpc) is 3.14. The minimum atomic E-state index is -0.854. The molecule has 27 heavy (non-hydrogen) atoms. The zero-order valence-corrected chi connectivity index (χ0v) is 20.2. The summed E-state index contributed by atoms with van der Waals surface area (Å²) in [4.78, 5) is 6.86. The van der Waals surface area contributed by atoms with Crippen LogP contribution in [0.3, 0.4) is 0 Å². The van der Waals surface area contributed by atoms with Gasteiger partial charge in [0.2, 0.25) is 0 Å². The van der Waals surface area contributed by atoms with Gasteiger partial charge in [-0.2, -0.15) is 0 Å². The van der Waals surface area contributed by atoms with Crippen molar-refractivity contribution in [2.75, 3.05) is 39.0 Å². The summed E-state index contributed by atoms with van der Waals surface area (Å²) in [6.07, 6.45) is 2.55. The summed E-state index contributed by atoms with van der Waals surface area (Å²) >= 11 is 0. The van der Waals surface area contributed by atoms with Crippen molar-refractivity contribution in [3.05, 3.63) is 35.9 Å². The fraction of sp³-hybridized carbons (Fsp3) is 0.650. The molecule has 2 unspecified atom stereocenters. The second kappa shape index (κ2) is 12.0. The number of nitrogens with zero attached hydrogens (tertiary/aromatic N) is 2. The Kier molecular flexibility index (Phi) is 10.8. The molecule has 1 aliphatic rings. The number of hydrogen-bond donors (Lipinski definition) is 2. The van der Waals surface area contributed by atoms with Gasteiger partial charge in [-0.15, -0.1) is 24.0 Å². The van der Waals surface area contributed by atoms with Crippen LogP contribution in [0.1, 0.15) is 45.2 Å². The van der Waals surface area contributed by atoms with Crippen molar-refractivity contribution < 1.29 is 4.21 Å². The molecule has 0 radical (unpaired) electrons. The van der Waals surface area contributed by atoms with E-state index in [0.717, 1.165) is 25.6 Å². The molecule has 2 atom stereocenters. The predicted molar refractivity (Wildman–Crippen MR) is 128 cm³/mol. The minimum absolute atomic E-state index is 0. The van der Waals surface area contributed by atoms with E-state index < -0.39 is 10.8 Å². The topological polar surface area (TPSA) is 56.7 Å². The Bertz CT molecular complexity index is 598. The number of rotatable bonds is 7. The number of benzene rings is 1. The number of hydrogen-bond acceptors (Lipinski definition) is 3. The van der Waals surface area contributed by atoms with Crippen molar-refractivity contribution in [2.45, 2.75) is 44.4 Å². The first-order valence-corrected chi connectivity index (χ1v) is 10.9. The zero-order valence-electron chi connectivity index (χ0n) is 17.0. The van der Waals surface area contributed by atoms with Gasteiger partial charge in [0.1, 0.15) is 0 Å². The molecule has 5 nitrogen and oxygen atoms in total. The van der Waals surface area contributed by atoms with E-state index in [9.17, 15) is 4.21 Å². The number of halogens is 1. The van der Waals surface area contributed by atoms with Crippen molar-refractivity contribution in [1.82, 2.24) is 15.5 Å². The normalized spacial score (nSPS) is 17.9. The standard InChI is InChI=1S/C20H34N4OS.HI/c1-20(2,3)26(25)15-12-22-19(21-4)23-16-18(24-13-8-9-14-24)17-10-6-5-7-11-17;/h5-7,10-11,18H,8-9,12-16H2,1-4H3,(H2,21,22,23);1H. The molecular formula is C20H35IN4OS. The lowest BCUT2D eigenvalue weighted by Gasteiger charge is -2.29. The zero-order chi connectivity index (χ0) is 19.0. The number of likely N-dealkylation sites (tertiary alicyclic amines) is 1. The van der Waals surface area contributed by atoms with E-state index in [2.05, 4.69) is 50.9 Å². The molecule has 154 valence electrons. The van der Waals surface area contributed by atoms with Crippen LogP contribution in [0, 0.1) is 0 Å². The van der Waals surface area contributed by atoms with Gasteiger partial charge in [-0.05, 0) is 52.3 Å². The van der Waals surface area contributed by atoms with Crippen LogP contribution in [0.15, 0.2) is 35.3 Å². The van der Waals surface area contributed by atoms with Crippen LogP contribution in [0.25, 0.3) is 0 Å². The lowest BCUT2D eigenvalue weighted by atomic mass is 10.1. The Balaban J connectivity index is 0.00000364. The first-order chi connectivity index (χ1) is 12.4. The third-order valence-electron chi connectivity index (χ3n) is 4.72. The highest BCUT2D eigenvalue weighted by Crippen LogP contribution is 2.24. The summed E-state index contributed by atoms with van der Waals surface area (Å²) in [5.74, 6) is 1.40. The summed E-state index contributed by atoms with van der Waals surface area (Å²) in [5, 5.41) is 6.75. The maximum Gasteiger partial charge on any atom is 0.191 e. The van der Waals surface area contributed by atoms with E-state index in [4.69, 9.17) is 0 Å². The molecule has 0 bridgehead atoms. The van der Waals surface area contributed by atoms with E-state index >= 15 is 0 Å².